The highest BCUT2D eigenvalue weighted by Crippen LogP contribution is 2.29. The Morgan fingerprint density at radius 1 is 1.25 bits per heavy atom. The molecule has 0 radical (unpaired) electrons. The fourth-order valence-corrected chi connectivity index (χ4v) is 3.38. The fourth-order valence-electron chi connectivity index (χ4n) is 3.38. The molecule has 1 fully saturated rings. The fraction of sp³-hybridized carbons (Fsp3) is 1.00. The van der Waals surface area contributed by atoms with Gasteiger partial charge < -0.3 is 10.2 Å². The van der Waals surface area contributed by atoms with E-state index in [1.165, 1.54) is 58.3 Å². The third-order valence-corrected chi connectivity index (χ3v) is 4.75. The van der Waals surface area contributed by atoms with Crippen molar-refractivity contribution >= 4 is 0 Å². The molecule has 1 saturated carbocycles. The molecule has 0 spiro atoms. The molecule has 1 unspecified atom stereocenters. The van der Waals surface area contributed by atoms with Crippen LogP contribution >= 0.6 is 0 Å². The van der Waals surface area contributed by atoms with Crippen LogP contribution in [0, 0.1) is 17.3 Å². The second-order valence-corrected chi connectivity index (χ2v) is 7.71. The zero-order valence-corrected chi connectivity index (χ0v) is 14.7. The highest BCUT2D eigenvalue weighted by atomic mass is 15.1. The topological polar surface area (TPSA) is 15.3 Å². The zero-order valence-electron chi connectivity index (χ0n) is 14.7. The van der Waals surface area contributed by atoms with Crippen LogP contribution in [0.25, 0.3) is 0 Å². The SMILES string of the molecule is CCCC(C)(CNCC(C)C)CN(CC)CC1CCC1. The summed E-state index contributed by atoms with van der Waals surface area (Å²) in [4.78, 5) is 2.70. The van der Waals surface area contributed by atoms with Crippen LogP contribution in [-0.4, -0.2) is 37.6 Å². The Labute approximate surface area is 127 Å². The first-order valence-corrected chi connectivity index (χ1v) is 8.92. The standard InChI is InChI=1S/C18H38N2/c1-6-11-18(5,14-19-12-16(3)4)15-20(7-2)13-17-9-8-10-17/h16-17,19H,6-15H2,1-5H3. The van der Waals surface area contributed by atoms with Gasteiger partial charge in [-0.05, 0) is 49.6 Å². The van der Waals surface area contributed by atoms with Gasteiger partial charge in [0.15, 0.2) is 0 Å². The first-order valence-electron chi connectivity index (χ1n) is 8.92. The maximum atomic E-state index is 3.69. The third-order valence-electron chi connectivity index (χ3n) is 4.75. The van der Waals surface area contributed by atoms with E-state index in [-0.39, 0.29) is 0 Å². The highest BCUT2D eigenvalue weighted by molar-refractivity contribution is 4.83. The lowest BCUT2D eigenvalue weighted by Crippen LogP contribution is -2.45. The van der Waals surface area contributed by atoms with E-state index in [1.54, 1.807) is 0 Å². The predicted octanol–water partition coefficient (Wildman–Crippen LogP) is 4.16. The molecule has 1 rings (SSSR count). The van der Waals surface area contributed by atoms with E-state index in [1.807, 2.05) is 0 Å². The molecule has 1 aliphatic carbocycles. The monoisotopic (exact) mass is 282 g/mol. The molecule has 0 aliphatic heterocycles. The van der Waals surface area contributed by atoms with Gasteiger partial charge in [-0.2, -0.15) is 0 Å². The average molecular weight is 283 g/mol. The molecule has 120 valence electrons. The van der Waals surface area contributed by atoms with Gasteiger partial charge in [-0.1, -0.05) is 47.5 Å². The minimum atomic E-state index is 0.434. The lowest BCUT2D eigenvalue weighted by molar-refractivity contribution is 0.116. The van der Waals surface area contributed by atoms with Crippen LogP contribution in [0.3, 0.4) is 0 Å². The van der Waals surface area contributed by atoms with Gasteiger partial charge in [-0.3, -0.25) is 0 Å². The minimum Gasteiger partial charge on any atom is -0.316 e. The van der Waals surface area contributed by atoms with Gasteiger partial charge >= 0.3 is 0 Å². The molecule has 0 aromatic heterocycles. The molecule has 0 heterocycles. The van der Waals surface area contributed by atoms with Gasteiger partial charge in [0.1, 0.15) is 0 Å². The second kappa shape index (κ2) is 9.04. The molecule has 0 amide bonds. The summed E-state index contributed by atoms with van der Waals surface area (Å²) in [5.41, 5.74) is 0.434. The molecular formula is C18H38N2. The number of hydrogen-bond acceptors (Lipinski definition) is 2. The van der Waals surface area contributed by atoms with Crippen molar-refractivity contribution in [3.8, 4) is 0 Å². The molecule has 0 saturated heterocycles. The number of nitrogens with zero attached hydrogens (tertiary/aromatic N) is 1. The van der Waals surface area contributed by atoms with Crippen molar-refractivity contribution in [3.05, 3.63) is 0 Å². The van der Waals surface area contributed by atoms with E-state index in [2.05, 4.69) is 44.8 Å². The maximum Gasteiger partial charge on any atom is 0.00475 e. The van der Waals surface area contributed by atoms with E-state index in [0.29, 0.717) is 5.41 Å². The van der Waals surface area contributed by atoms with Crippen LogP contribution in [0.15, 0.2) is 0 Å². The summed E-state index contributed by atoms with van der Waals surface area (Å²) in [5, 5.41) is 3.69. The molecule has 0 aromatic rings. The van der Waals surface area contributed by atoms with Crippen molar-refractivity contribution in [1.82, 2.24) is 10.2 Å². The molecule has 1 N–H and O–H groups in total. The summed E-state index contributed by atoms with van der Waals surface area (Å²) in [6.45, 7) is 17.8. The molecule has 2 heteroatoms. The Hall–Kier alpha value is -0.0800. The molecule has 0 bridgehead atoms. The van der Waals surface area contributed by atoms with Crippen molar-refractivity contribution in [3.63, 3.8) is 0 Å². The Morgan fingerprint density at radius 3 is 2.40 bits per heavy atom. The van der Waals surface area contributed by atoms with Crippen LogP contribution in [0.1, 0.15) is 66.7 Å². The number of hydrogen-bond donors (Lipinski definition) is 1. The lowest BCUT2D eigenvalue weighted by atomic mass is 9.82. The Bertz CT molecular complexity index is 248. The number of nitrogens with one attached hydrogen (secondary N) is 1. The van der Waals surface area contributed by atoms with Crippen LogP contribution < -0.4 is 5.32 Å². The van der Waals surface area contributed by atoms with Crippen LogP contribution in [-0.2, 0) is 0 Å². The third kappa shape index (κ3) is 6.58. The smallest absolute Gasteiger partial charge is 0.00475 e. The largest absolute Gasteiger partial charge is 0.316 e. The van der Waals surface area contributed by atoms with E-state index < -0.39 is 0 Å². The molecule has 20 heavy (non-hydrogen) atoms. The zero-order chi connectivity index (χ0) is 15.0. The second-order valence-electron chi connectivity index (χ2n) is 7.71. The van der Waals surface area contributed by atoms with Crippen molar-refractivity contribution in [2.45, 2.75) is 66.7 Å². The first kappa shape index (κ1) is 18.0. The van der Waals surface area contributed by atoms with Gasteiger partial charge in [0.25, 0.3) is 0 Å². The Kier molecular flexibility index (Phi) is 8.13. The molecule has 1 atom stereocenters. The minimum absolute atomic E-state index is 0.434. The summed E-state index contributed by atoms with van der Waals surface area (Å²) < 4.78 is 0. The van der Waals surface area contributed by atoms with Crippen molar-refractivity contribution < 1.29 is 0 Å². The van der Waals surface area contributed by atoms with Crippen molar-refractivity contribution in [2.24, 2.45) is 17.3 Å². The molecular weight excluding hydrogens is 244 g/mol. The number of rotatable bonds is 11. The van der Waals surface area contributed by atoms with Crippen molar-refractivity contribution in [1.29, 1.82) is 0 Å². The normalized spacial score (nSPS) is 19.4. The van der Waals surface area contributed by atoms with Crippen LogP contribution in [0.4, 0.5) is 0 Å². The van der Waals surface area contributed by atoms with Crippen LogP contribution in [0.2, 0.25) is 0 Å². The summed E-state index contributed by atoms with van der Waals surface area (Å²) in [6, 6.07) is 0. The van der Waals surface area contributed by atoms with E-state index >= 15 is 0 Å². The molecule has 0 aromatic carbocycles. The average Bonchev–Trinajstić information content (AvgIpc) is 2.32. The Morgan fingerprint density at radius 2 is 1.95 bits per heavy atom. The van der Waals surface area contributed by atoms with E-state index in [4.69, 9.17) is 0 Å². The van der Waals surface area contributed by atoms with Gasteiger partial charge in [0.2, 0.25) is 0 Å². The lowest BCUT2D eigenvalue weighted by Gasteiger charge is -2.39. The van der Waals surface area contributed by atoms with Gasteiger partial charge in [0, 0.05) is 19.6 Å². The van der Waals surface area contributed by atoms with Crippen LogP contribution in [0.5, 0.6) is 0 Å². The molecule has 1 aliphatic rings. The van der Waals surface area contributed by atoms with E-state index in [0.717, 1.165) is 18.4 Å². The summed E-state index contributed by atoms with van der Waals surface area (Å²) >= 11 is 0. The first-order chi connectivity index (χ1) is 9.49. The van der Waals surface area contributed by atoms with Crippen molar-refractivity contribution in [2.75, 3.05) is 32.7 Å². The summed E-state index contributed by atoms with van der Waals surface area (Å²) in [5.74, 6) is 1.74. The predicted molar refractivity (Wildman–Crippen MR) is 90.2 cm³/mol. The van der Waals surface area contributed by atoms with E-state index in [9.17, 15) is 0 Å². The quantitative estimate of drug-likeness (QED) is 0.612. The van der Waals surface area contributed by atoms with Gasteiger partial charge in [-0.25, -0.2) is 0 Å². The van der Waals surface area contributed by atoms with Gasteiger partial charge in [0.05, 0.1) is 0 Å². The Balaban J connectivity index is 2.43. The molecule has 2 nitrogen and oxygen atoms in total. The highest BCUT2D eigenvalue weighted by Gasteiger charge is 2.28. The maximum absolute atomic E-state index is 3.69. The van der Waals surface area contributed by atoms with Gasteiger partial charge in [-0.15, -0.1) is 0 Å². The summed E-state index contributed by atoms with van der Waals surface area (Å²) in [6.07, 6.45) is 7.02. The summed E-state index contributed by atoms with van der Waals surface area (Å²) in [7, 11) is 0.